The first-order valence-corrected chi connectivity index (χ1v) is 8.28. The smallest absolute Gasteiger partial charge is 0.227 e. The van der Waals surface area contributed by atoms with Crippen LogP contribution in [0.15, 0.2) is 0 Å². The van der Waals surface area contributed by atoms with E-state index in [1.54, 1.807) is 0 Å². The Morgan fingerprint density at radius 2 is 2.00 bits per heavy atom. The molecule has 2 saturated carbocycles. The molecule has 3 heteroatoms. The van der Waals surface area contributed by atoms with Crippen molar-refractivity contribution in [2.75, 3.05) is 6.54 Å². The van der Waals surface area contributed by atoms with Crippen molar-refractivity contribution >= 4 is 5.91 Å². The summed E-state index contributed by atoms with van der Waals surface area (Å²) in [5.41, 5.74) is 6.34. The topological polar surface area (TPSA) is 46.3 Å². The molecule has 0 spiro atoms. The van der Waals surface area contributed by atoms with Gasteiger partial charge in [-0.3, -0.25) is 4.79 Å². The minimum Gasteiger partial charge on any atom is -0.339 e. The van der Waals surface area contributed by atoms with Gasteiger partial charge in [0, 0.05) is 18.6 Å². The highest BCUT2D eigenvalue weighted by Gasteiger charge is 2.50. The third-order valence-electron chi connectivity index (χ3n) is 5.80. The van der Waals surface area contributed by atoms with Crippen LogP contribution in [0, 0.1) is 17.8 Å². The average Bonchev–Trinajstić information content (AvgIpc) is 3.00. The number of carbonyl (C=O) groups excluding carboxylic acids is 1. The first-order valence-electron chi connectivity index (χ1n) is 8.28. The largest absolute Gasteiger partial charge is 0.339 e. The van der Waals surface area contributed by atoms with E-state index in [0.29, 0.717) is 23.8 Å². The van der Waals surface area contributed by atoms with E-state index in [1.807, 2.05) is 0 Å². The Hall–Kier alpha value is -0.570. The predicted octanol–water partition coefficient (Wildman–Crippen LogP) is 2.54. The van der Waals surface area contributed by atoms with Gasteiger partial charge < -0.3 is 10.6 Å². The van der Waals surface area contributed by atoms with Crippen molar-refractivity contribution in [1.82, 2.24) is 4.90 Å². The summed E-state index contributed by atoms with van der Waals surface area (Å²) in [6.07, 6.45) is 9.73. The van der Waals surface area contributed by atoms with E-state index in [-0.39, 0.29) is 12.0 Å². The van der Waals surface area contributed by atoms with Crippen LogP contribution in [0.25, 0.3) is 0 Å². The molecular weight excluding hydrogens is 236 g/mol. The fourth-order valence-corrected chi connectivity index (χ4v) is 4.82. The van der Waals surface area contributed by atoms with Crippen LogP contribution < -0.4 is 5.73 Å². The molecule has 3 aliphatic rings. The zero-order chi connectivity index (χ0) is 13.4. The molecule has 108 valence electrons. The predicted molar refractivity (Wildman–Crippen MR) is 76.6 cm³/mol. The fourth-order valence-electron chi connectivity index (χ4n) is 4.82. The summed E-state index contributed by atoms with van der Waals surface area (Å²) < 4.78 is 0. The maximum Gasteiger partial charge on any atom is 0.227 e. The third-order valence-corrected chi connectivity index (χ3v) is 5.80. The van der Waals surface area contributed by atoms with Gasteiger partial charge in [-0.2, -0.15) is 0 Å². The number of carbonyl (C=O) groups is 1. The van der Waals surface area contributed by atoms with Gasteiger partial charge in [-0.15, -0.1) is 0 Å². The monoisotopic (exact) mass is 264 g/mol. The van der Waals surface area contributed by atoms with Crippen LogP contribution in [-0.4, -0.2) is 29.4 Å². The van der Waals surface area contributed by atoms with Gasteiger partial charge in [0.05, 0.1) is 5.92 Å². The van der Waals surface area contributed by atoms with E-state index in [2.05, 4.69) is 11.8 Å². The zero-order valence-electron chi connectivity index (χ0n) is 12.2. The fraction of sp³-hybridized carbons (Fsp3) is 0.938. The van der Waals surface area contributed by atoms with Crippen molar-refractivity contribution in [3.63, 3.8) is 0 Å². The molecule has 2 N–H and O–H groups in total. The lowest BCUT2D eigenvalue weighted by molar-refractivity contribution is -0.141. The van der Waals surface area contributed by atoms with Crippen LogP contribution in [0.1, 0.15) is 58.3 Å². The van der Waals surface area contributed by atoms with Crippen molar-refractivity contribution in [3.8, 4) is 0 Å². The molecule has 3 fully saturated rings. The van der Waals surface area contributed by atoms with Crippen molar-refractivity contribution in [3.05, 3.63) is 0 Å². The number of nitrogens with zero attached hydrogens (tertiary/aromatic N) is 1. The van der Waals surface area contributed by atoms with Crippen LogP contribution in [0.4, 0.5) is 0 Å². The van der Waals surface area contributed by atoms with E-state index < -0.39 is 0 Å². The normalized spacial score (nSPS) is 41.8. The number of amides is 1. The molecule has 1 saturated heterocycles. The second-order valence-electron chi connectivity index (χ2n) is 6.91. The molecule has 19 heavy (non-hydrogen) atoms. The molecule has 0 aromatic rings. The molecule has 0 aromatic heterocycles. The van der Waals surface area contributed by atoms with Gasteiger partial charge in [0.15, 0.2) is 0 Å². The SMILES string of the molecule is CCCC1CCCCN1C(=O)C1C2CCC(C2)C1N. The molecule has 1 heterocycles. The van der Waals surface area contributed by atoms with Gasteiger partial charge >= 0.3 is 0 Å². The van der Waals surface area contributed by atoms with E-state index in [9.17, 15) is 4.79 Å². The Kier molecular flexibility index (Phi) is 3.84. The lowest BCUT2D eigenvalue weighted by Gasteiger charge is -2.40. The van der Waals surface area contributed by atoms with Crippen LogP contribution in [-0.2, 0) is 4.79 Å². The minimum atomic E-state index is 0.149. The third kappa shape index (κ3) is 2.31. The number of hydrogen-bond acceptors (Lipinski definition) is 2. The van der Waals surface area contributed by atoms with Crippen LogP contribution in [0.5, 0.6) is 0 Å². The molecule has 2 bridgehead atoms. The van der Waals surface area contributed by atoms with Gasteiger partial charge in [0.25, 0.3) is 0 Å². The molecule has 1 amide bonds. The van der Waals surface area contributed by atoms with Gasteiger partial charge in [0.2, 0.25) is 5.91 Å². The Bertz CT molecular complexity index is 340. The van der Waals surface area contributed by atoms with E-state index in [0.717, 1.165) is 6.54 Å². The summed E-state index contributed by atoms with van der Waals surface area (Å²) in [6, 6.07) is 0.646. The molecule has 5 atom stereocenters. The molecule has 1 aliphatic heterocycles. The van der Waals surface area contributed by atoms with Crippen molar-refractivity contribution < 1.29 is 4.79 Å². The van der Waals surface area contributed by atoms with E-state index >= 15 is 0 Å². The summed E-state index contributed by atoms with van der Waals surface area (Å²) in [7, 11) is 0. The molecule has 2 aliphatic carbocycles. The van der Waals surface area contributed by atoms with E-state index in [4.69, 9.17) is 5.73 Å². The highest BCUT2D eigenvalue weighted by atomic mass is 16.2. The molecular formula is C16H28N2O. The molecule has 3 nitrogen and oxygen atoms in total. The Morgan fingerprint density at radius 3 is 2.68 bits per heavy atom. The Balaban J connectivity index is 1.71. The lowest BCUT2D eigenvalue weighted by atomic mass is 9.83. The Labute approximate surface area is 116 Å². The number of rotatable bonds is 3. The van der Waals surface area contributed by atoms with Crippen molar-refractivity contribution in [2.24, 2.45) is 23.5 Å². The van der Waals surface area contributed by atoms with Gasteiger partial charge in [-0.05, 0) is 56.8 Å². The van der Waals surface area contributed by atoms with Crippen LogP contribution >= 0.6 is 0 Å². The summed E-state index contributed by atoms with van der Waals surface area (Å²) >= 11 is 0. The molecule has 0 radical (unpaired) electrons. The number of nitrogens with two attached hydrogens (primary N) is 1. The second-order valence-corrected chi connectivity index (χ2v) is 6.91. The average molecular weight is 264 g/mol. The lowest BCUT2D eigenvalue weighted by Crippen LogP contribution is -2.52. The minimum absolute atomic E-state index is 0.149. The second kappa shape index (κ2) is 5.43. The standard InChI is InChI=1S/C16H28N2O/c1-2-5-13-6-3-4-9-18(13)16(19)14-11-7-8-12(10-11)15(14)17/h11-15H,2-10,17H2,1H3. The molecule has 5 unspecified atom stereocenters. The number of piperidine rings is 1. The summed E-state index contributed by atoms with van der Waals surface area (Å²) in [6.45, 7) is 3.20. The van der Waals surface area contributed by atoms with Gasteiger partial charge in [-0.1, -0.05) is 13.3 Å². The number of fused-ring (bicyclic) bond motifs is 2. The highest BCUT2D eigenvalue weighted by molar-refractivity contribution is 5.81. The van der Waals surface area contributed by atoms with Crippen LogP contribution in [0.3, 0.4) is 0 Å². The van der Waals surface area contributed by atoms with Crippen molar-refractivity contribution in [2.45, 2.75) is 70.4 Å². The summed E-state index contributed by atoms with van der Waals surface area (Å²) in [4.78, 5) is 15.1. The van der Waals surface area contributed by atoms with Crippen LogP contribution in [0.2, 0.25) is 0 Å². The van der Waals surface area contributed by atoms with Gasteiger partial charge in [-0.25, -0.2) is 0 Å². The Morgan fingerprint density at radius 1 is 1.21 bits per heavy atom. The highest BCUT2D eigenvalue weighted by Crippen LogP contribution is 2.48. The first-order chi connectivity index (χ1) is 9.22. The van der Waals surface area contributed by atoms with Gasteiger partial charge in [0.1, 0.15) is 0 Å². The molecule has 0 aromatic carbocycles. The van der Waals surface area contributed by atoms with E-state index in [1.165, 1.54) is 51.4 Å². The summed E-state index contributed by atoms with van der Waals surface area (Å²) in [5.74, 6) is 1.78. The number of likely N-dealkylation sites (tertiary alicyclic amines) is 1. The quantitative estimate of drug-likeness (QED) is 0.851. The summed E-state index contributed by atoms with van der Waals surface area (Å²) in [5, 5.41) is 0. The maximum atomic E-state index is 12.9. The zero-order valence-corrected chi connectivity index (χ0v) is 12.2. The molecule has 3 rings (SSSR count). The maximum absolute atomic E-state index is 12.9. The van der Waals surface area contributed by atoms with Crippen molar-refractivity contribution in [1.29, 1.82) is 0 Å². The number of hydrogen-bond donors (Lipinski definition) is 1. The first kappa shape index (κ1) is 13.4.